The van der Waals surface area contributed by atoms with E-state index >= 15 is 0 Å². The van der Waals surface area contributed by atoms with Gasteiger partial charge in [0.1, 0.15) is 6.61 Å². The minimum absolute atomic E-state index is 0.0365. The van der Waals surface area contributed by atoms with Crippen molar-refractivity contribution in [2.75, 3.05) is 6.61 Å². The van der Waals surface area contributed by atoms with Crippen LogP contribution in [0.15, 0.2) is 0 Å². The van der Waals surface area contributed by atoms with Gasteiger partial charge in [-0.05, 0) is 26.7 Å². The Morgan fingerprint density at radius 3 is 2.69 bits per heavy atom. The van der Waals surface area contributed by atoms with Crippen molar-refractivity contribution in [3.8, 4) is 0 Å². The predicted molar refractivity (Wildman–Crippen MR) is 50.2 cm³/mol. The maximum absolute atomic E-state index is 11.2. The number of carbonyl (C=O) groups excluding carboxylic acids is 1. The average molecular weight is 186 g/mol. The van der Waals surface area contributed by atoms with Gasteiger partial charge in [-0.25, -0.2) is 0 Å². The molecule has 1 rings (SSSR count). The van der Waals surface area contributed by atoms with E-state index in [4.69, 9.17) is 10.5 Å². The molecule has 0 aromatic carbocycles. The van der Waals surface area contributed by atoms with E-state index in [1.54, 1.807) is 0 Å². The molecule has 3 N–H and O–H groups in total. The molecule has 4 heteroatoms. The van der Waals surface area contributed by atoms with Crippen LogP contribution in [-0.4, -0.2) is 30.7 Å². The van der Waals surface area contributed by atoms with E-state index in [2.05, 4.69) is 5.32 Å². The Hall–Kier alpha value is -0.610. The SMILES string of the molecule is CC(C)OCC(=O)NC1CC(N)C1. The molecule has 0 aromatic rings. The van der Waals surface area contributed by atoms with Gasteiger partial charge in [0.15, 0.2) is 0 Å². The summed E-state index contributed by atoms with van der Waals surface area (Å²) < 4.78 is 5.16. The molecule has 0 radical (unpaired) electrons. The summed E-state index contributed by atoms with van der Waals surface area (Å²) in [4.78, 5) is 11.2. The lowest BCUT2D eigenvalue weighted by Crippen LogP contribution is -2.51. The maximum Gasteiger partial charge on any atom is 0.246 e. The molecule has 4 nitrogen and oxygen atoms in total. The van der Waals surface area contributed by atoms with Crippen LogP contribution in [0.25, 0.3) is 0 Å². The molecule has 76 valence electrons. The fourth-order valence-corrected chi connectivity index (χ4v) is 1.29. The van der Waals surface area contributed by atoms with Crippen molar-refractivity contribution < 1.29 is 9.53 Å². The summed E-state index contributed by atoms with van der Waals surface area (Å²) in [7, 11) is 0. The van der Waals surface area contributed by atoms with Crippen LogP contribution in [-0.2, 0) is 9.53 Å². The minimum Gasteiger partial charge on any atom is -0.369 e. The zero-order valence-corrected chi connectivity index (χ0v) is 8.25. The number of rotatable bonds is 4. The number of carbonyl (C=O) groups is 1. The fourth-order valence-electron chi connectivity index (χ4n) is 1.29. The average Bonchev–Trinajstić information content (AvgIpc) is 1.98. The Kier molecular flexibility index (Phi) is 3.69. The highest BCUT2D eigenvalue weighted by atomic mass is 16.5. The highest BCUT2D eigenvalue weighted by Crippen LogP contribution is 2.16. The second-order valence-corrected chi connectivity index (χ2v) is 3.86. The molecule has 0 heterocycles. The molecule has 1 fully saturated rings. The summed E-state index contributed by atoms with van der Waals surface area (Å²) in [5.74, 6) is -0.0365. The lowest BCUT2D eigenvalue weighted by molar-refractivity contribution is -0.128. The molecule has 0 aliphatic heterocycles. The number of hydrogen-bond acceptors (Lipinski definition) is 3. The van der Waals surface area contributed by atoms with Crippen molar-refractivity contribution in [3.05, 3.63) is 0 Å². The van der Waals surface area contributed by atoms with Crippen LogP contribution in [0.3, 0.4) is 0 Å². The lowest BCUT2D eigenvalue weighted by atomic mass is 9.88. The zero-order valence-electron chi connectivity index (χ0n) is 8.25. The number of hydrogen-bond donors (Lipinski definition) is 2. The smallest absolute Gasteiger partial charge is 0.246 e. The summed E-state index contributed by atoms with van der Waals surface area (Å²) in [5.41, 5.74) is 5.58. The molecule has 1 amide bonds. The first-order valence-electron chi connectivity index (χ1n) is 4.74. The fraction of sp³-hybridized carbons (Fsp3) is 0.889. The molecule has 0 unspecified atom stereocenters. The molecule has 0 aromatic heterocycles. The number of nitrogens with two attached hydrogens (primary N) is 1. The summed E-state index contributed by atoms with van der Waals surface area (Å²) in [5, 5.41) is 2.86. The third-order valence-corrected chi connectivity index (χ3v) is 2.09. The van der Waals surface area contributed by atoms with Gasteiger partial charge in [-0.2, -0.15) is 0 Å². The molecule has 1 aliphatic carbocycles. The van der Waals surface area contributed by atoms with Crippen LogP contribution in [0.4, 0.5) is 0 Å². The molecule has 13 heavy (non-hydrogen) atoms. The number of ether oxygens (including phenoxy) is 1. The summed E-state index contributed by atoms with van der Waals surface area (Å²) in [6.07, 6.45) is 1.90. The Morgan fingerprint density at radius 2 is 2.23 bits per heavy atom. The van der Waals surface area contributed by atoms with Crippen LogP contribution in [0.2, 0.25) is 0 Å². The largest absolute Gasteiger partial charge is 0.369 e. The first-order chi connectivity index (χ1) is 6.08. The van der Waals surface area contributed by atoms with Gasteiger partial charge in [0.05, 0.1) is 6.10 Å². The third kappa shape index (κ3) is 3.74. The molecular weight excluding hydrogens is 168 g/mol. The second-order valence-electron chi connectivity index (χ2n) is 3.86. The van der Waals surface area contributed by atoms with E-state index in [1.165, 1.54) is 0 Å². The van der Waals surface area contributed by atoms with Crippen molar-refractivity contribution >= 4 is 5.91 Å². The molecule has 0 atom stereocenters. The second kappa shape index (κ2) is 4.58. The predicted octanol–water partition coefficient (Wildman–Crippen LogP) is 0.0173. The van der Waals surface area contributed by atoms with Crippen LogP contribution in [0.5, 0.6) is 0 Å². The van der Waals surface area contributed by atoms with E-state index < -0.39 is 0 Å². The topological polar surface area (TPSA) is 64.3 Å². The van der Waals surface area contributed by atoms with Gasteiger partial charge < -0.3 is 15.8 Å². The third-order valence-electron chi connectivity index (χ3n) is 2.09. The van der Waals surface area contributed by atoms with Gasteiger partial charge >= 0.3 is 0 Å². The molecule has 1 aliphatic rings. The normalized spacial score (nSPS) is 27.1. The summed E-state index contributed by atoms with van der Waals surface area (Å²) in [6.45, 7) is 3.97. The van der Waals surface area contributed by atoms with E-state index in [-0.39, 0.29) is 30.7 Å². The Bertz CT molecular complexity index is 176. The Balaban J connectivity index is 2.05. The van der Waals surface area contributed by atoms with E-state index in [0.29, 0.717) is 0 Å². The highest BCUT2D eigenvalue weighted by Gasteiger charge is 2.26. The first-order valence-corrected chi connectivity index (χ1v) is 4.74. The van der Waals surface area contributed by atoms with Crippen molar-refractivity contribution in [1.82, 2.24) is 5.32 Å². The van der Waals surface area contributed by atoms with Gasteiger partial charge in [-0.15, -0.1) is 0 Å². The first kappa shape index (κ1) is 10.5. The highest BCUT2D eigenvalue weighted by molar-refractivity contribution is 5.77. The Morgan fingerprint density at radius 1 is 1.62 bits per heavy atom. The zero-order chi connectivity index (χ0) is 9.84. The van der Waals surface area contributed by atoms with Gasteiger partial charge in [-0.3, -0.25) is 4.79 Å². The van der Waals surface area contributed by atoms with Crippen molar-refractivity contribution in [1.29, 1.82) is 0 Å². The molecule has 1 saturated carbocycles. The van der Waals surface area contributed by atoms with E-state index in [1.807, 2.05) is 13.8 Å². The monoisotopic (exact) mass is 186 g/mol. The summed E-state index contributed by atoms with van der Waals surface area (Å²) in [6, 6.07) is 0.551. The maximum atomic E-state index is 11.2. The van der Waals surface area contributed by atoms with Crippen molar-refractivity contribution in [2.45, 2.75) is 44.9 Å². The molecule has 0 bridgehead atoms. The van der Waals surface area contributed by atoms with Gasteiger partial charge in [0.2, 0.25) is 5.91 Å². The molecular formula is C9H18N2O2. The van der Waals surface area contributed by atoms with E-state index in [0.717, 1.165) is 12.8 Å². The number of nitrogens with one attached hydrogen (secondary N) is 1. The van der Waals surface area contributed by atoms with Gasteiger partial charge in [0, 0.05) is 12.1 Å². The molecule has 0 spiro atoms. The molecule has 0 saturated heterocycles. The van der Waals surface area contributed by atoms with Crippen molar-refractivity contribution in [2.24, 2.45) is 5.73 Å². The van der Waals surface area contributed by atoms with Crippen LogP contribution < -0.4 is 11.1 Å². The van der Waals surface area contributed by atoms with Gasteiger partial charge in [0.25, 0.3) is 0 Å². The lowest BCUT2D eigenvalue weighted by Gasteiger charge is -2.32. The van der Waals surface area contributed by atoms with Crippen molar-refractivity contribution in [3.63, 3.8) is 0 Å². The van der Waals surface area contributed by atoms with E-state index in [9.17, 15) is 4.79 Å². The summed E-state index contributed by atoms with van der Waals surface area (Å²) >= 11 is 0. The standard InChI is InChI=1S/C9H18N2O2/c1-6(2)13-5-9(12)11-8-3-7(10)4-8/h6-8H,3-5,10H2,1-2H3,(H,11,12). The van der Waals surface area contributed by atoms with Crippen LogP contribution in [0, 0.1) is 0 Å². The van der Waals surface area contributed by atoms with Crippen LogP contribution in [0.1, 0.15) is 26.7 Å². The Labute approximate surface area is 78.8 Å². The minimum atomic E-state index is -0.0365. The van der Waals surface area contributed by atoms with Gasteiger partial charge in [-0.1, -0.05) is 0 Å². The number of amides is 1. The van der Waals surface area contributed by atoms with Crippen LogP contribution >= 0.6 is 0 Å². The quantitative estimate of drug-likeness (QED) is 0.650.